The molecule has 0 aliphatic rings. The van der Waals surface area contributed by atoms with Crippen LogP contribution in [0.2, 0.25) is 0 Å². The number of carbonyl (C=O) groups is 1. The second-order valence-electron chi connectivity index (χ2n) is 4.32. The van der Waals surface area contributed by atoms with Gasteiger partial charge in [-0.1, -0.05) is 24.3 Å². The Hall–Kier alpha value is -1.17. The molecule has 0 saturated heterocycles. The number of methoxy groups -OCH3 is 1. The van der Waals surface area contributed by atoms with Gasteiger partial charge in [0.25, 0.3) is 0 Å². The van der Waals surface area contributed by atoms with Gasteiger partial charge in [-0.3, -0.25) is 4.79 Å². The van der Waals surface area contributed by atoms with Crippen molar-refractivity contribution in [2.75, 3.05) is 7.11 Å². The minimum atomic E-state index is -0.210. The van der Waals surface area contributed by atoms with E-state index >= 15 is 0 Å². The fourth-order valence-electron chi connectivity index (χ4n) is 1.89. The monoisotopic (exact) mass is 353 g/mol. The van der Waals surface area contributed by atoms with Gasteiger partial charge in [0.15, 0.2) is 0 Å². The van der Waals surface area contributed by atoms with Crippen LogP contribution in [0.1, 0.15) is 16.0 Å². The number of carbonyl (C=O) groups excluding carboxylic acids is 1. The van der Waals surface area contributed by atoms with Crippen molar-refractivity contribution in [3.63, 3.8) is 0 Å². The Labute approximate surface area is 131 Å². The molecule has 0 radical (unpaired) electrons. The van der Waals surface area contributed by atoms with Gasteiger partial charge in [0, 0.05) is 22.4 Å². The van der Waals surface area contributed by atoms with Crippen LogP contribution in [0, 0.1) is 0 Å². The molecular formula is C15H16BrNO2S. The van der Waals surface area contributed by atoms with Gasteiger partial charge in [-0.25, -0.2) is 0 Å². The van der Waals surface area contributed by atoms with Crippen molar-refractivity contribution in [1.29, 1.82) is 0 Å². The first kappa shape index (κ1) is 15.2. The van der Waals surface area contributed by atoms with E-state index in [1.54, 1.807) is 11.3 Å². The summed E-state index contributed by atoms with van der Waals surface area (Å²) in [6.45, 7) is 1.54. The molecule has 1 aromatic heterocycles. The van der Waals surface area contributed by atoms with E-state index in [1.165, 1.54) is 12.0 Å². The first-order chi connectivity index (χ1) is 9.70. The van der Waals surface area contributed by atoms with Crippen molar-refractivity contribution in [3.05, 3.63) is 56.2 Å². The number of halogens is 1. The Kier molecular flexibility index (Phi) is 5.76. The van der Waals surface area contributed by atoms with Crippen molar-refractivity contribution in [2.24, 2.45) is 0 Å². The zero-order chi connectivity index (χ0) is 14.4. The normalized spacial score (nSPS) is 10.5. The zero-order valence-corrected chi connectivity index (χ0v) is 13.6. The Bertz CT molecular complexity index is 583. The lowest BCUT2D eigenvalue weighted by Crippen LogP contribution is -2.15. The molecular weight excluding hydrogens is 338 g/mol. The van der Waals surface area contributed by atoms with E-state index in [9.17, 15) is 4.79 Å². The van der Waals surface area contributed by atoms with Crippen LogP contribution >= 0.6 is 27.3 Å². The van der Waals surface area contributed by atoms with Crippen molar-refractivity contribution in [1.82, 2.24) is 5.32 Å². The molecule has 106 valence electrons. The predicted molar refractivity (Wildman–Crippen MR) is 84.7 cm³/mol. The number of rotatable bonds is 6. The molecule has 0 unspecified atom stereocenters. The lowest BCUT2D eigenvalue weighted by molar-refractivity contribution is -0.139. The van der Waals surface area contributed by atoms with E-state index < -0.39 is 0 Å². The molecule has 20 heavy (non-hydrogen) atoms. The number of esters is 1. The van der Waals surface area contributed by atoms with Gasteiger partial charge in [-0.05, 0) is 38.5 Å². The Morgan fingerprint density at radius 2 is 2.00 bits per heavy atom. The summed E-state index contributed by atoms with van der Waals surface area (Å²) in [5, 5.41) is 5.47. The molecule has 2 rings (SSSR count). The molecule has 0 fully saturated rings. The minimum absolute atomic E-state index is 0.210. The molecule has 1 heterocycles. The van der Waals surface area contributed by atoms with Gasteiger partial charge in [0.1, 0.15) is 0 Å². The van der Waals surface area contributed by atoms with Crippen molar-refractivity contribution >= 4 is 33.2 Å². The maximum atomic E-state index is 11.4. The largest absolute Gasteiger partial charge is 0.469 e. The van der Waals surface area contributed by atoms with Crippen LogP contribution in [0.4, 0.5) is 0 Å². The van der Waals surface area contributed by atoms with Crippen LogP contribution in [0.5, 0.6) is 0 Å². The smallest absolute Gasteiger partial charge is 0.309 e. The van der Waals surface area contributed by atoms with Crippen molar-refractivity contribution in [3.8, 4) is 0 Å². The summed E-state index contributed by atoms with van der Waals surface area (Å²) in [5.41, 5.74) is 2.14. The highest BCUT2D eigenvalue weighted by Gasteiger charge is 2.08. The first-order valence-corrected chi connectivity index (χ1v) is 7.94. The summed E-state index contributed by atoms with van der Waals surface area (Å²) < 4.78 is 5.86. The first-order valence-electron chi connectivity index (χ1n) is 6.27. The highest BCUT2D eigenvalue weighted by Crippen LogP contribution is 2.22. The summed E-state index contributed by atoms with van der Waals surface area (Å²) in [4.78, 5) is 12.7. The molecule has 5 heteroatoms. The SMILES string of the molecule is COC(=O)Cc1ccccc1CNCc1sccc1Br. The predicted octanol–water partition coefficient (Wildman–Crippen LogP) is 3.52. The molecule has 0 spiro atoms. The highest BCUT2D eigenvalue weighted by molar-refractivity contribution is 9.10. The molecule has 2 aromatic rings. The Balaban J connectivity index is 1.95. The van der Waals surface area contributed by atoms with Crippen molar-refractivity contribution < 1.29 is 9.53 Å². The van der Waals surface area contributed by atoms with E-state index in [-0.39, 0.29) is 5.97 Å². The molecule has 1 N–H and O–H groups in total. The lowest BCUT2D eigenvalue weighted by atomic mass is 10.0. The second-order valence-corrected chi connectivity index (χ2v) is 6.17. The van der Waals surface area contributed by atoms with Crippen LogP contribution in [0.15, 0.2) is 40.2 Å². The van der Waals surface area contributed by atoms with Crippen LogP contribution in [-0.2, 0) is 29.0 Å². The standard InChI is InChI=1S/C15H16BrNO2S/c1-19-15(18)8-11-4-2-3-5-12(11)9-17-10-14-13(16)6-7-20-14/h2-7,17H,8-10H2,1H3. The molecule has 0 atom stereocenters. The van der Waals surface area contributed by atoms with Gasteiger partial charge in [-0.2, -0.15) is 0 Å². The molecule has 1 aromatic carbocycles. The quantitative estimate of drug-likeness (QED) is 0.807. The van der Waals surface area contributed by atoms with Crippen LogP contribution < -0.4 is 5.32 Å². The molecule has 0 aliphatic carbocycles. The van der Waals surface area contributed by atoms with Gasteiger partial charge in [0.2, 0.25) is 0 Å². The van der Waals surface area contributed by atoms with E-state index in [1.807, 2.05) is 30.3 Å². The summed E-state index contributed by atoms with van der Waals surface area (Å²) >= 11 is 5.24. The highest BCUT2D eigenvalue weighted by atomic mass is 79.9. The number of hydrogen-bond acceptors (Lipinski definition) is 4. The van der Waals surface area contributed by atoms with Gasteiger partial charge in [0.05, 0.1) is 13.5 Å². The average molecular weight is 354 g/mol. The maximum absolute atomic E-state index is 11.4. The fourth-order valence-corrected chi connectivity index (χ4v) is 3.35. The van der Waals surface area contributed by atoms with Gasteiger partial charge >= 0.3 is 5.97 Å². The lowest BCUT2D eigenvalue weighted by Gasteiger charge is -2.09. The summed E-state index contributed by atoms with van der Waals surface area (Å²) in [5.74, 6) is -0.210. The van der Waals surface area contributed by atoms with E-state index in [0.29, 0.717) is 6.42 Å². The molecule has 0 bridgehead atoms. The number of benzene rings is 1. The number of ether oxygens (including phenoxy) is 1. The third kappa shape index (κ3) is 4.16. The molecule has 3 nitrogen and oxygen atoms in total. The topological polar surface area (TPSA) is 38.3 Å². The number of hydrogen-bond donors (Lipinski definition) is 1. The van der Waals surface area contributed by atoms with E-state index in [0.717, 1.165) is 28.7 Å². The number of nitrogens with one attached hydrogen (secondary N) is 1. The van der Waals surface area contributed by atoms with Crippen LogP contribution in [0.25, 0.3) is 0 Å². The van der Waals surface area contributed by atoms with E-state index in [2.05, 4.69) is 26.6 Å². The summed E-state index contributed by atoms with van der Waals surface area (Å²) in [7, 11) is 1.41. The molecule has 0 amide bonds. The fraction of sp³-hybridized carbons (Fsp3) is 0.267. The Morgan fingerprint density at radius 3 is 2.65 bits per heavy atom. The summed E-state index contributed by atoms with van der Waals surface area (Å²) in [6.07, 6.45) is 0.317. The van der Waals surface area contributed by atoms with Crippen LogP contribution in [-0.4, -0.2) is 13.1 Å². The molecule has 0 aliphatic heterocycles. The van der Waals surface area contributed by atoms with Gasteiger partial charge < -0.3 is 10.1 Å². The Morgan fingerprint density at radius 1 is 1.25 bits per heavy atom. The molecule has 0 saturated carbocycles. The summed E-state index contributed by atoms with van der Waals surface area (Å²) in [6, 6.07) is 9.98. The third-order valence-electron chi connectivity index (χ3n) is 2.97. The minimum Gasteiger partial charge on any atom is -0.469 e. The van der Waals surface area contributed by atoms with Gasteiger partial charge in [-0.15, -0.1) is 11.3 Å². The zero-order valence-electron chi connectivity index (χ0n) is 11.2. The maximum Gasteiger partial charge on any atom is 0.309 e. The van der Waals surface area contributed by atoms with Crippen LogP contribution in [0.3, 0.4) is 0 Å². The van der Waals surface area contributed by atoms with Crippen molar-refractivity contribution in [2.45, 2.75) is 19.5 Å². The average Bonchev–Trinajstić information content (AvgIpc) is 2.86. The van der Waals surface area contributed by atoms with E-state index in [4.69, 9.17) is 4.74 Å². The third-order valence-corrected chi connectivity index (χ3v) is 4.90. The number of thiophene rings is 1. The second kappa shape index (κ2) is 7.57.